The van der Waals surface area contributed by atoms with Gasteiger partial charge in [-0.1, -0.05) is 23.7 Å². The third kappa shape index (κ3) is 3.24. The van der Waals surface area contributed by atoms with Gasteiger partial charge in [0.15, 0.2) is 0 Å². The van der Waals surface area contributed by atoms with Crippen LogP contribution in [0.25, 0.3) is 0 Å². The summed E-state index contributed by atoms with van der Waals surface area (Å²) in [5.74, 6) is 0.692. The molecule has 1 aromatic carbocycles. The molecule has 0 saturated carbocycles. The molecule has 0 aliphatic heterocycles. The van der Waals surface area contributed by atoms with E-state index in [9.17, 15) is 4.79 Å². The number of nitrogens with one attached hydrogen (secondary N) is 1. The highest BCUT2D eigenvalue weighted by Gasteiger charge is 2.07. The van der Waals surface area contributed by atoms with Crippen LogP contribution < -0.4 is 10.1 Å². The Balaban J connectivity index is 1.92. The fourth-order valence-electron chi connectivity index (χ4n) is 1.45. The maximum absolute atomic E-state index is 11.8. The first-order chi connectivity index (χ1) is 8.69. The van der Waals surface area contributed by atoms with Crippen LogP contribution in [-0.2, 0) is 6.54 Å². The molecule has 0 bridgehead atoms. The number of halogens is 1. The van der Waals surface area contributed by atoms with Crippen LogP contribution in [-0.4, -0.2) is 13.0 Å². The van der Waals surface area contributed by atoms with Crippen molar-refractivity contribution in [1.82, 2.24) is 5.32 Å². The van der Waals surface area contributed by atoms with Gasteiger partial charge in [-0.25, -0.2) is 0 Å². The lowest BCUT2D eigenvalue weighted by Crippen LogP contribution is -2.21. The smallest absolute Gasteiger partial charge is 0.261 e. The monoisotopic (exact) mass is 281 g/mol. The minimum atomic E-state index is -0.109. The Morgan fingerprint density at radius 1 is 1.28 bits per heavy atom. The highest BCUT2D eigenvalue weighted by molar-refractivity contribution is 7.17. The summed E-state index contributed by atoms with van der Waals surface area (Å²) in [7, 11) is 1.62. The second-order valence-electron chi connectivity index (χ2n) is 3.63. The molecule has 2 rings (SSSR count). The van der Waals surface area contributed by atoms with Crippen LogP contribution in [0.3, 0.4) is 0 Å². The van der Waals surface area contributed by atoms with Gasteiger partial charge in [-0.05, 0) is 29.8 Å². The Morgan fingerprint density at radius 2 is 2.00 bits per heavy atom. The molecule has 3 nitrogen and oxygen atoms in total. The third-order valence-electron chi connectivity index (χ3n) is 2.41. The Bertz CT molecular complexity index is 536. The Kier molecular flexibility index (Phi) is 4.23. The molecule has 1 N–H and O–H groups in total. The predicted octanol–water partition coefficient (Wildman–Crippen LogP) is 3.34. The normalized spacial score (nSPS) is 10.1. The SMILES string of the molecule is COc1ccc(CNC(=O)c2ccc(Cl)s2)cc1. The van der Waals surface area contributed by atoms with Crippen LogP contribution in [0.5, 0.6) is 5.75 Å². The average Bonchev–Trinajstić information content (AvgIpc) is 2.83. The number of carbonyl (C=O) groups excluding carboxylic acids is 1. The van der Waals surface area contributed by atoms with Crippen LogP contribution in [0.15, 0.2) is 36.4 Å². The first kappa shape index (κ1) is 12.9. The van der Waals surface area contributed by atoms with Crippen LogP contribution in [0, 0.1) is 0 Å². The van der Waals surface area contributed by atoms with E-state index >= 15 is 0 Å². The summed E-state index contributed by atoms with van der Waals surface area (Å²) in [6, 6.07) is 11.0. The summed E-state index contributed by atoms with van der Waals surface area (Å²) in [5.41, 5.74) is 1.02. The minimum Gasteiger partial charge on any atom is -0.497 e. The van der Waals surface area contributed by atoms with Crippen LogP contribution >= 0.6 is 22.9 Å². The molecule has 0 unspecified atom stereocenters. The maximum atomic E-state index is 11.8. The molecule has 2 aromatic rings. The zero-order valence-corrected chi connectivity index (χ0v) is 11.3. The van der Waals surface area contributed by atoms with Gasteiger partial charge in [0.1, 0.15) is 5.75 Å². The van der Waals surface area contributed by atoms with Crippen molar-refractivity contribution >= 4 is 28.8 Å². The number of hydrogen-bond donors (Lipinski definition) is 1. The summed E-state index contributed by atoms with van der Waals surface area (Å²) < 4.78 is 5.68. The van der Waals surface area contributed by atoms with E-state index in [0.717, 1.165) is 11.3 Å². The number of hydrogen-bond acceptors (Lipinski definition) is 3. The lowest BCUT2D eigenvalue weighted by atomic mass is 10.2. The molecule has 0 spiro atoms. The number of amides is 1. The molecular weight excluding hydrogens is 270 g/mol. The number of rotatable bonds is 4. The van der Waals surface area contributed by atoms with Gasteiger partial charge in [0.25, 0.3) is 5.91 Å². The highest BCUT2D eigenvalue weighted by atomic mass is 35.5. The number of ether oxygens (including phenoxy) is 1. The van der Waals surface area contributed by atoms with E-state index < -0.39 is 0 Å². The first-order valence-corrected chi connectivity index (χ1v) is 6.55. The Hall–Kier alpha value is -1.52. The van der Waals surface area contributed by atoms with E-state index in [-0.39, 0.29) is 5.91 Å². The topological polar surface area (TPSA) is 38.3 Å². The number of benzene rings is 1. The molecule has 18 heavy (non-hydrogen) atoms. The van der Waals surface area contributed by atoms with Gasteiger partial charge >= 0.3 is 0 Å². The summed E-state index contributed by atoms with van der Waals surface area (Å²) in [6.45, 7) is 0.484. The van der Waals surface area contributed by atoms with Crippen molar-refractivity contribution in [2.24, 2.45) is 0 Å². The third-order valence-corrected chi connectivity index (χ3v) is 3.64. The van der Waals surface area contributed by atoms with Crippen molar-refractivity contribution in [2.75, 3.05) is 7.11 Å². The fourth-order valence-corrected chi connectivity index (χ4v) is 2.41. The molecule has 1 aromatic heterocycles. The molecule has 0 radical (unpaired) electrons. The summed E-state index contributed by atoms with van der Waals surface area (Å²) in [4.78, 5) is 12.4. The van der Waals surface area contributed by atoms with E-state index in [2.05, 4.69) is 5.32 Å². The molecule has 5 heteroatoms. The first-order valence-electron chi connectivity index (χ1n) is 5.35. The zero-order valence-electron chi connectivity index (χ0n) is 9.77. The highest BCUT2D eigenvalue weighted by Crippen LogP contribution is 2.21. The number of carbonyl (C=O) groups is 1. The molecule has 0 atom stereocenters. The van der Waals surface area contributed by atoms with Crippen LogP contribution in [0.4, 0.5) is 0 Å². The van der Waals surface area contributed by atoms with Crippen molar-refractivity contribution in [3.8, 4) is 5.75 Å². The van der Waals surface area contributed by atoms with Crippen molar-refractivity contribution < 1.29 is 9.53 Å². The largest absolute Gasteiger partial charge is 0.497 e. The van der Waals surface area contributed by atoms with E-state index in [1.165, 1.54) is 11.3 Å². The molecule has 1 heterocycles. The minimum absolute atomic E-state index is 0.109. The van der Waals surface area contributed by atoms with Gasteiger partial charge in [-0.3, -0.25) is 4.79 Å². The molecule has 0 aliphatic rings. The number of methoxy groups -OCH3 is 1. The van der Waals surface area contributed by atoms with Crippen molar-refractivity contribution in [3.63, 3.8) is 0 Å². The van der Waals surface area contributed by atoms with Gasteiger partial charge in [0, 0.05) is 6.54 Å². The fraction of sp³-hybridized carbons (Fsp3) is 0.154. The Morgan fingerprint density at radius 3 is 2.56 bits per heavy atom. The molecule has 1 amide bonds. The van der Waals surface area contributed by atoms with Crippen LogP contribution in [0.1, 0.15) is 15.2 Å². The molecule has 0 aliphatic carbocycles. The quantitative estimate of drug-likeness (QED) is 0.933. The van der Waals surface area contributed by atoms with Crippen molar-refractivity contribution in [2.45, 2.75) is 6.54 Å². The molecule has 94 valence electrons. The second kappa shape index (κ2) is 5.89. The summed E-state index contributed by atoms with van der Waals surface area (Å²) in [6.07, 6.45) is 0. The van der Waals surface area contributed by atoms with Crippen molar-refractivity contribution in [1.29, 1.82) is 0 Å². The van der Waals surface area contributed by atoms with Gasteiger partial charge in [0.2, 0.25) is 0 Å². The molecule has 0 fully saturated rings. The molecular formula is C13H12ClNO2S. The van der Waals surface area contributed by atoms with E-state index in [4.69, 9.17) is 16.3 Å². The van der Waals surface area contributed by atoms with E-state index in [1.807, 2.05) is 24.3 Å². The Labute approximate surface area is 114 Å². The summed E-state index contributed by atoms with van der Waals surface area (Å²) >= 11 is 7.05. The number of thiophene rings is 1. The predicted molar refractivity (Wildman–Crippen MR) is 73.5 cm³/mol. The van der Waals surface area contributed by atoms with E-state index in [1.54, 1.807) is 19.2 Å². The van der Waals surface area contributed by atoms with Crippen molar-refractivity contribution in [3.05, 3.63) is 51.2 Å². The lowest BCUT2D eigenvalue weighted by molar-refractivity contribution is 0.0955. The average molecular weight is 282 g/mol. The van der Waals surface area contributed by atoms with Gasteiger partial charge < -0.3 is 10.1 Å². The van der Waals surface area contributed by atoms with E-state index in [0.29, 0.717) is 15.8 Å². The second-order valence-corrected chi connectivity index (χ2v) is 5.35. The van der Waals surface area contributed by atoms with Gasteiger partial charge in [-0.15, -0.1) is 11.3 Å². The maximum Gasteiger partial charge on any atom is 0.261 e. The van der Waals surface area contributed by atoms with Gasteiger partial charge in [0.05, 0.1) is 16.3 Å². The summed E-state index contributed by atoms with van der Waals surface area (Å²) in [5, 5.41) is 2.84. The standard InChI is InChI=1S/C13H12ClNO2S/c1-17-10-4-2-9(3-5-10)8-15-13(16)11-6-7-12(14)18-11/h2-7H,8H2,1H3,(H,15,16). The van der Waals surface area contributed by atoms with Crippen LogP contribution in [0.2, 0.25) is 4.34 Å². The zero-order chi connectivity index (χ0) is 13.0. The molecule has 0 saturated heterocycles. The van der Waals surface area contributed by atoms with Gasteiger partial charge in [-0.2, -0.15) is 0 Å². The lowest BCUT2D eigenvalue weighted by Gasteiger charge is -2.05.